The van der Waals surface area contributed by atoms with Gasteiger partial charge in [0.1, 0.15) is 4.75 Å². The van der Waals surface area contributed by atoms with Gasteiger partial charge in [0.05, 0.1) is 6.61 Å². The number of ether oxygens (including phenoxy) is 1. The van der Waals surface area contributed by atoms with Crippen LogP contribution in [0.15, 0.2) is 0 Å². The first-order chi connectivity index (χ1) is 4.54. The molecular formula is C7H14O2S. The minimum absolute atomic E-state index is 0.235. The van der Waals surface area contributed by atoms with Gasteiger partial charge in [-0.05, 0) is 20.3 Å². The minimum Gasteiger partial charge on any atom is -0.465 e. The van der Waals surface area contributed by atoms with Crippen molar-refractivity contribution < 1.29 is 9.53 Å². The van der Waals surface area contributed by atoms with Gasteiger partial charge in [-0.25, -0.2) is 0 Å². The molecule has 0 saturated heterocycles. The van der Waals surface area contributed by atoms with E-state index >= 15 is 0 Å². The standard InChI is InChI=1S/C7H14O2S/c1-4-7(3,10)6(8)9-5-2/h10H,4-5H2,1-3H3. The maximum absolute atomic E-state index is 11.0. The molecular weight excluding hydrogens is 148 g/mol. The van der Waals surface area contributed by atoms with Crippen molar-refractivity contribution >= 4 is 18.6 Å². The number of thiol groups is 1. The number of carbonyl (C=O) groups excluding carboxylic acids is 1. The van der Waals surface area contributed by atoms with E-state index in [0.29, 0.717) is 13.0 Å². The Morgan fingerprint density at radius 1 is 1.60 bits per heavy atom. The predicted molar refractivity (Wildman–Crippen MR) is 44.3 cm³/mol. The summed E-state index contributed by atoms with van der Waals surface area (Å²) >= 11 is 4.14. The molecule has 60 valence electrons. The van der Waals surface area contributed by atoms with E-state index in [2.05, 4.69) is 12.6 Å². The first-order valence-corrected chi connectivity index (χ1v) is 3.89. The third kappa shape index (κ3) is 2.60. The van der Waals surface area contributed by atoms with Crippen molar-refractivity contribution in [3.05, 3.63) is 0 Å². The highest BCUT2D eigenvalue weighted by atomic mass is 32.1. The number of carbonyl (C=O) groups is 1. The number of esters is 1. The molecule has 0 aromatic heterocycles. The SMILES string of the molecule is CCOC(=O)C(C)(S)CC. The van der Waals surface area contributed by atoms with Crippen LogP contribution in [-0.2, 0) is 9.53 Å². The summed E-state index contributed by atoms with van der Waals surface area (Å²) in [6.07, 6.45) is 0.689. The quantitative estimate of drug-likeness (QED) is 0.504. The third-order valence-electron chi connectivity index (χ3n) is 1.40. The van der Waals surface area contributed by atoms with Gasteiger partial charge >= 0.3 is 5.97 Å². The summed E-state index contributed by atoms with van der Waals surface area (Å²) in [6.45, 7) is 5.88. The van der Waals surface area contributed by atoms with Gasteiger partial charge in [0.2, 0.25) is 0 Å². The number of hydrogen-bond acceptors (Lipinski definition) is 3. The highest BCUT2D eigenvalue weighted by molar-refractivity contribution is 7.82. The number of hydrogen-bond donors (Lipinski definition) is 1. The Morgan fingerprint density at radius 3 is 2.40 bits per heavy atom. The molecule has 1 unspecified atom stereocenters. The van der Waals surface area contributed by atoms with E-state index in [1.165, 1.54) is 0 Å². The fourth-order valence-corrected chi connectivity index (χ4v) is 0.495. The zero-order valence-electron chi connectivity index (χ0n) is 6.68. The molecule has 0 radical (unpaired) electrons. The Kier molecular flexibility index (Phi) is 3.79. The van der Waals surface area contributed by atoms with E-state index < -0.39 is 4.75 Å². The molecule has 0 aromatic rings. The van der Waals surface area contributed by atoms with Crippen molar-refractivity contribution in [1.82, 2.24) is 0 Å². The molecule has 0 heterocycles. The van der Waals surface area contributed by atoms with Crippen LogP contribution in [0, 0.1) is 0 Å². The van der Waals surface area contributed by atoms with Crippen LogP contribution in [0.3, 0.4) is 0 Å². The van der Waals surface area contributed by atoms with Crippen molar-refractivity contribution in [2.75, 3.05) is 6.61 Å². The molecule has 1 atom stereocenters. The molecule has 0 aliphatic carbocycles. The average molecular weight is 162 g/mol. The molecule has 0 spiro atoms. The molecule has 0 amide bonds. The number of rotatable bonds is 3. The highest BCUT2D eigenvalue weighted by Crippen LogP contribution is 2.19. The fourth-order valence-electron chi connectivity index (χ4n) is 0.431. The zero-order chi connectivity index (χ0) is 8.20. The van der Waals surface area contributed by atoms with Crippen molar-refractivity contribution in [2.45, 2.75) is 31.9 Å². The second-order valence-electron chi connectivity index (χ2n) is 2.35. The zero-order valence-corrected chi connectivity index (χ0v) is 7.57. The van der Waals surface area contributed by atoms with Gasteiger partial charge in [0.25, 0.3) is 0 Å². The lowest BCUT2D eigenvalue weighted by Crippen LogP contribution is -2.30. The van der Waals surface area contributed by atoms with E-state index in [9.17, 15) is 4.79 Å². The Labute approximate surface area is 67.4 Å². The summed E-state index contributed by atoms with van der Waals surface area (Å²) in [4.78, 5) is 11.0. The normalized spacial score (nSPS) is 16.0. The summed E-state index contributed by atoms with van der Waals surface area (Å²) in [7, 11) is 0. The Morgan fingerprint density at radius 2 is 2.10 bits per heavy atom. The van der Waals surface area contributed by atoms with Crippen LogP contribution in [0.5, 0.6) is 0 Å². The van der Waals surface area contributed by atoms with Gasteiger partial charge in [-0.3, -0.25) is 4.79 Å². The van der Waals surface area contributed by atoms with Gasteiger partial charge in [-0.2, -0.15) is 12.6 Å². The van der Waals surface area contributed by atoms with Gasteiger partial charge < -0.3 is 4.74 Å². The van der Waals surface area contributed by atoms with Crippen LogP contribution in [0.4, 0.5) is 0 Å². The lowest BCUT2D eigenvalue weighted by atomic mass is 10.1. The van der Waals surface area contributed by atoms with Crippen LogP contribution in [0.2, 0.25) is 0 Å². The van der Waals surface area contributed by atoms with Gasteiger partial charge in [0, 0.05) is 0 Å². The molecule has 0 aliphatic rings. The second-order valence-corrected chi connectivity index (χ2v) is 3.33. The molecule has 0 saturated carbocycles. The third-order valence-corrected chi connectivity index (χ3v) is 1.90. The molecule has 10 heavy (non-hydrogen) atoms. The maximum Gasteiger partial charge on any atom is 0.321 e. The molecule has 3 heteroatoms. The summed E-state index contributed by atoms with van der Waals surface area (Å²) in [5.41, 5.74) is 0. The molecule has 0 N–H and O–H groups in total. The summed E-state index contributed by atoms with van der Waals surface area (Å²) < 4.78 is 4.17. The van der Waals surface area contributed by atoms with Gasteiger partial charge in [-0.15, -0.1) is 0 Å². The smallest absolute Gasteiger partial charge is 0.321 e. The lowest BCUT2D eigenvalue weighted by molar-refractivity contribution is -0.145. The second kappa shape index (κ2) is 3.86. The van der Waals surface area contributed by atoms with Gasteiger partial charge in [0.15, 0.2) is 0 Å². The van der Waals surface area contributed by atoms with E-state index in [4.69, 9.17) is 4.74 Å². The fraction of sp³-hybridized carbons (Fsp3) is 0.857. The Balaban J connectivity index is 3.91. The topological polar surface area (TPSA) is 26.3 Å². The van der Waals surface area contributed by atoms with Crippen molar-refractivity contribution in [3.63, 3.8) is 0 Å². The van der Waals surface area contributed by atoms with Gasteiger partial charge in [-0.1, -0.05) is 6.92 Å². The molecule has 0 bridgehead atoms. The summed E-state index contributed by atoms with van der Waals surface area (Å²) in [5.74, 6) is -0.235. The average Bonchev–Trinajstić information content (AvgIpc) is 1.89. The molecule has 0 fully saturated rings. The maximum atomic E-state index is 11.0. The van der Waals surface area contributed by atoms with Crippen molar-refractivity contribution in [2.24, 2.45) is 0 Å². The largest absolute Gasteiger partial charge is 0.465 e. The van der Waals surface area contributed by atoms with Crippen molar-refractivity contribution in [1.29, 1.82) is 0 Å². The molecule has 0 rings (SSSR count). The van der Waals surface area contributed by atoms with E-state index in [0.717, 1.165) is 0 Å². The van der Waals surface area contributed by atoms with E-state index in [1.807, 2.05) is 6.92 Å². The van der Waals surface area contributed by atoms with Crippen LogP contribution in [0.1, 0.15) is 27.2 Å². The Hall–Kier alpha value is -0.180. The van der Waals surface area contributed by atoms with Crippen LogP contribution in [0.25, 0.3) is 0 Å². The first kappa shape index (κ1) is 9.82. The van der Waals surface area contributed by atoms with Crippen LogP contribution < -0.4 is 0 Å². The van der Waals surface area contributed by atoms with Crippen molar-refractivity contribution in [3.8, 4) is 0 Å². The van der Waals surface area contributed by atoms with Crippen LogP contribution >= 0.6 is 12.6 Å². The molecule has 0 aliphatic heterocycles. The first-order valence-electron chi connectivity index (χ1n) is 3.44. The van der Waals surface area contributed by atoms with Crippen LogP contribution in [-0.4, -0.2) is 17.3 Å². The minimum atomic E-state index is -0.615. The Bertz CT molecular complexity index is 121. The lowest BCUT2D eigenvalue weighted by Gasteiger charge is -2.18. The van der Waals surface area contributed by atoms with E-state index in [-0.39, 0.29) is 5.97 Å². The predicted octanol–water partition coefficient (Wildman–Crippen LogP) is 1.65. The highest BCUT2D eigenvalue weighted by Gasteiger charge is 2.27. The monoisotopic (exact) mass is 162 g/mol. The summed E-state index contributed by atoms with van der Waals surface area (Å²) in [6, 6.07) is 0. The van der Waals surface area contributed by atoms with E-state index in [1.54, 1.807) is 13.8 Å². The molecule has 0 aromatic carbocycles. The summed E-state index contributed by atoms with van der Waals surface area (Å²) in [5, 5.41) is 0. The molecule has 2 nitrogen and oxygen atoms in total.